The van der Waals surface area contributed by atoms with E-state index in [0.717, 1.165) is 6.07 Å². The molecule has 1 rings (SSSR count). The fraction of sp³-hybridized carbons (Fsp3) is 0.125. The minimum Gasteiger partial charge on any atom is -0.465 e. The average Bonchev–Trinajstić information content (AvgIpc) is 2.14. The third-order valence-corrected chi connectivity index (χ3v) is 4.00. The van der Waals surface area contributed by atoms with E-state index in [4.69, 9.17) is 16.7 Å². The van der Waals surface area contributed by atoms with E-state index >= 15 is 0 Å². The first-order valence-electron chi connectivity index (χ1n) is 3.87. The third kappa shape index (κ3) is 2.84. The van der Waals surface area contributed by atoms with E-state index in [2.05, 4.69) is 4.74 Å². The zero-order valence-electron chi connectivity index (χ0n) is 8.03. The molecule has 88 valence electrons. The molecular formula is C8H7ClINO4S. The minimum atomic E-state index is -3.96. The van der Waals surface area contributed by atoms with Crippen LogP contribution in [-0.2, 0) is 14.8 Å². The molecule has 0 saturated carbocycles. The number of esters is 1. The Bertz CT molecular complexity index is 543. The standard InChI is InChI=1S/C8H7ClINO4S/c1-15-8(12)4-2-7(16(11,13)14)5(9)3-6(4)10/h2-3H,1H3,(H2,11,13,14). The molecule has 0 radical (unpaired) electrons. The summed E-state index contributed by atoms with van der Waals surface area (Å²) in [7, 11) is -2.76. The number of primary sulfonamides is 1. The first-order valence-corrected chi connectivity index (χ1v) is 6.88. The van der Waals surface area contributed by atoms with Crippen LogP contribution in [0.25, 0.3) is 0 Å². The molecule has 0 bridgehead atoms. The van der Waals surface area contributed by atoms with Crippen LogP contribution in [0.2, 0.25) is 5.02 Å². The Morgan fingerprint density at radius 2 is 2.06 bits per heavy atom. The molecular weight excluding hydrogens is 369 g/mol. The molecule has 8 heteroatoms. The molecule has 0 aliphatic heterocycles. The van der Waals surface area contributed by atoms with E-state index in [1.54, 1.807) is 0 Å². The van der Waals surface area contributed by atoms with Crippen molar-refractivity contribution < 1.29 is 17.9 Å². The fourth-order valence-corrected chi connectivity index (χ4v) is 2.98. The van der Waals surface area contributed by atoms with Crippen LogP contribution in [0, 0.1) is 3.57 Å². The Morgan fingerprint density at radius 1 is 1.50 bits per heavy atom. The predicted molar refractivity (Wildman–Crippen MR) is 66.9 cm³/mol. The molecule has 0 aromatic heterocycles. The van der Waals surface area contributed by atoms with Gasteiger partial charge in [0.15, 0.2) is 0 Å². The summed E-state index contributed by atoms with van der Waals surface area (Å²) in [5, 5.41) is 4.92. The zero-order valence-corrected chi connectivity index (χ0v) is 11.8. The summed E-state index contributed by atoms with van der Waals surface area (Å²) in [5.41, 5.74) is 0.108. The maximum Gasteiger partial charge on any atom is 0.338 e. The lowest BCUT2D eigenvalue weighted by Crippen LogP contribution is -2.15. The molecule has 0 unspecified atom stereocenters. The summed E-state index contributed by atoms with van der Waals surface area (Å²) in [6.07, 6.45) is 0. The van der Waals surface area contributed by atoms with Crippen molar-refractivity contribution in [1.29, 1.82) is 0 Å². The molecule has 2 N–H and O–H groups in total. The van der Waals surface area contributed by atoms with E-state index < -0.39 is 16.0 Å². The number of carbonyl (C=O) groups is 1. The highest BCUT2D eigenvalue weighted by Gasteiger charge is 2.19. The number of rotatable bonds is 2. The van der Waals surface area contributed by atoms with Gasteiger partial charge < -0.3 is 4.74 Å². The van der Waals surface area contributed by atoms with Crippen LogP contribution >= 0.6 is 34.2 Å². The van der Waals surface area contributed by atoms with Gasteiger partial charge in [0.2, 0.25) is 10.0 Å². The van der Waals surface area contributed by atoms with E-state index in [-0.39, 0.29) is 15.5 Å². The summed E-state index contributed by atoms with van der Waals surface area (Å²) >= 11 is 7.57. The first kappa shape index (κ1) is 13.7. The van der Waals surface area contributed by atoms with Crippen molar-refractivity contribution in [1.82, 2.24) is 0 Å². The Balaban J connectivity index is 3.51. The van der Waals surface area contributed by atoms with Gasteiger partial charge in [-0.15, -0.1) is 0 Å². The topological polar surface area (TPSA) is 86.5 Å². The number of methoxy groups -OCH3 is 1. The lowest BCUT2D eigenvalue weighted by molar-refractivity contribution is 0.0599. The number of nitrogens with two attached hydrogens (primary N) is 1. The number of benzene rings is 1. The van der Waals surface area contributed by atoms with Crippen LogP contribution in [0.15, 0.2) is 17.0 Å². The van der Waals surface area contributed by atoms with Crippen molar-refractivity contribution in [3.63, 3.8) is 0 Å². The Kier molecular flexibility index (Phi) is 4.16. The number of hydrogen-bond donors (Lipinski definition) is 1. The van der Waals surface area contributed by atoms with Gasteiger partial charge in [-0.05, 0) is 34.7 Å². The summed E-state index contributed by atoms with van der Waals surface area (Å²) in [6.45, 7) is 0. The van der Waals surface area contributed by atoms with Crippen LogP contribution in [0.4, 0.5) is 0 Å². The molecule has 0 atom stereocenters. The second-order valence-corrected chi connectivity index (χ2v) is 5.90. The number of halogens is 2. The normalized spacial score (nSPS) is 11.2. The zero-order chi connectivity index (χ0) is 12.5. The highest BCUT2D eigenvalue weighted by atomic mass is 127. The van der Waals surface area contributed by atoms with Crippen LogP contribution in [-0.4, -0.2) is 21.5 Å². The molecule has 0 saturated heterocycles. The Morgan fingerprint density at radius 3 is 2.50 bits per heavy atom. The minimum absolute atomic E-state index is 0.0282. The van der Waals surface area contributed by atoms with Gasteiger partial charge in [0.05, 0.1) is 17.7 Å². The van der Waals surface area contributed by atoms with E-state index in [1.807, 2.05) is 22.6 Å². The fourth-order valence-electron chi connectivity index (χ4n) is 1.01. The molecule has 0 aliphatic carbocycles. The number of sulfonamides is 1. The van der Waals surface area contributed by atoms with Crippen LogP contribution in [0.3, 0.4) is 0 Å². The van der Waals surface area contributed by atoms with Gasteiger partial charge in [-0.25, -0.2) is 18.4 Å². The number of ether oxygens (including phenoxy) is 1. The molecule has 1 aromatic carbocycles. The molecule has 0 amide bonds. The van der Waals surface area contributed by atoms with E-state index in [1.165, 1.54) is 13.2 Å². The molecule has 0 aliphatic rings. The summed E-state index contributed by atoms with van der Waals surface area (Å²) in [4.78, 5) is 11.0. The van der Waals surface area contributed by atoms with E-state index in [0.29, 0.717) is 3.57 Å². The second kappa shape index (κ2) is 4.86. The van der Waals surface area contributed by atoms with Gasteiger partial charge >= 0.3 is 5.97 Å². The smallest absolute Gasteiger partial charge is 0.338 e. The summed E-state index contributed by atoms with van der Waals surface area (Å²) in [6, 6.07) is 2.44. The highest BCUT2D eigenvalue weighted by Crippen LogP contribution is 2.26. The summed E-state index contributed by atoms with van der Waals surface area (Å²) in [5.74, 6) is -0.647. The summed E-state index contributed by atoms with van der Waals surface area (Å²) < 4.78 is 27.3. The number of hydrogen-bond acceptors (Lipinski definition) is 4. The highest BCUT2D eigenvalue weighted by molar-refractivity contribution is 14.1. The average molecular weight is 376 g/mol. The van der Waals surface area contributed by atoms with Crippen molar-refractivity contribution in [3.8, 4) is 0 Å². The Hall–Kier alpha value is -0.380. The van der Waals surface area contributed by atoms with Gasteiger partial charge in [0, 0.05) is 3.57 Å². The van der Waals surface area contributed by atoms with Gasteiger partial charge in [-0.3, -0.25) is 0 Å². The lowest BCUT2D eigenvalue weighted by Gasteiger charge is -2.07. The quantitative estimate of drug-likeness (QED) is 0.625. The monoisotopic (exact) mass is 375 g/mol. The van der Waals surface area contributed by atoms with Crippen molar-refractivity contribution >= 4 is 50.2 Å². The SMILES string of the molecule is COC(=O)c1cc(S(N)(=O)=O)c(Cl)cc1I. The predicted octanol–water partition coefficient (Wildman–Crippen LogP) is 1.38. The Labute approximate surface area is 111 Å². The molecule has 0 fully saturated rings. The van der Waals surface area contributed by atoms with E-state index in [9.17, 15) is 13.2 Å². The van der Waals surface area contributed by atoms with Crippen molar-refractivity contribution in [2.75, 3.05) is 7.11 Å². The van der Waals surface area contributed by atoms with Crippen LogP contribution < -0.4 is 5.14 Å². The largest absolute Gasteiger partial charge is 0.465 e. The van der Waals surface area contributed by atoms with Crippen LogP contribution in [0.5, 0.6) is 0 Å². The van der Waals surface area contributed by atoms with Gasteiger partial charge in [0.1, 0.15) is 4.90 Å². The molecule has 16 heavy (non-hydrogen) atoms. The lowest BCUT2D eigenvalue weighted by atomic mass is 10.2. The van der Waals surface area contributed by atoms with Gasteiger partial charge in [0.25, 0.3) is 0 Å². The second-order valence-electron chi connectivity index (χ2n) is 2.80. The van der Waals surface area contributed by atoms with Gasteiger partial charge in [-0.2, -0.15) is 0 Å². The molecule has 0 spiro atoms. The third-order valence-electron chi connectivity index (χ3n) is 1.73. The molecule has 1 aromatic rings. The van der Waals surface area contributed by atoms with Crippen molar-refractivity contribution in [2.45, 2.75) is 4.90 Å². The van der Waals surface area contributed by atoms with Crippen molar-refractivity contribution in [2.24, 2.45) is 5.14 Å². The maximum atomic E-state index is 11.3. The molecule has 0 heterocycles. The molecule has 5 nitrogen and oxygen atoms in total. The first-order chi connectivity index (χ1) is 7.27. The van der Waals surface area contributed by atoms with Crippen LogP contribution in [0.1, 0.15) is 10.4 Å². The number of carbonyl (C=O) groups excluding carboxylic acids is 1. The van der Waals surface area contributed by atoms with Crippen molar-refractivity contribution in [3.05, 3.63) is 26.3 Å². The van der Waals surface area contributed by atoms with Gasteiger partial charge in [-0.1, -0.05) is 11.6 Å². The maximum absolute atomic E-state index is 11.3.